The van der Waals surface area contributed by atoms with Crippen LogP contribution in [0.4, 0.5) is 0 Å². The molecule has 2 aliphatic heterocycles. The van der Waals surface area contributed by atoms with Crippen LogP contribution in [0.15, 0.2) is 4.99 Å². The molecule has 3 heterocycles. The molecule has 156 valence electrons. The van der Waals surface area contributed by atoms with Gasteiger partial charge in [-0.05, 0) is 25.7 Å². The highest BCUT2D eigenvalue weighted by atomic mass is 127. The minimum Gasteiger partial charge on any atom is -0.377 e. The Kier molecular flexibility index (Phi) is 5.88. The van der Waals surface area contributed by atoms with E-state index in [0.29, 0.717) is 29.5 Å². The molecule has 28 heavy (non-hydrogen) atoms. The fourth-order valence-electron chi connectivity index (χ4n) is 6.04. The summed E-state index contributed by atoms with van der Waals surface area (Å²) in [5.74, 6) is 3.68. The smallest absolute Gasteiger partial charge is 0.191 e. The molecule has 2 saturated carbocycles. The van der Waals surface area contributed by atoms with Gasteiger partial charge in [-0.25, -0.2) is 9.67 Å². The van der Waals surface area contributed by atoms with E-state index in [4.69, 9.17) is 4.74 Å². The van der Waals surface area contributed by atoms with E-state index in [1.807, 2.05) is 7.05 Å². The van der Waals surface area contributed by atoms with E-state index in [1.54, 1.807) is 0 Å². The zero-order valence-electron chi connectivity index (χ0n) is 17.0. The van der Waals surface area contributed by atoms with Gasteiger partial charge in [-0.3, -0.25) is 4.99 Å². The van der Waals surface area contributed by atoms with Gasteiger partial charge in [0, 0.05) is 49.9 Å². The number of halogens is 1. The van der Waals surface area contributed by atoms with Gasteiger partial charge in [-0.15, -0.1) is 24.0 Å². The Labute approximate surface area is 184 Å². The Hall–Kier alpha value is -0.900. The van der Waals surface area contributed by atoms with Crippen LogP contribution in [0.3, 0.4) is 0 Å². The van der Waals surface area contributed by atoms with E-state index in [9.17, 15) is 0 Å². The monoisotopic (exact) mass is 500 g/mol. The highest BCUT2D eigenvalue weighted by Gasteiger charge is 2.65. The summed E-state index contributed by atoms with van der Waals surface area (Å²) in [5, 5.41) is 12.1. The maximum absolute atomic E-state index is 6.12. The molecule has 5 rings (SSSR count). The Morgan fingerprint density at radius 3 is 2.86 bits per heavy atom. The van der Waals surface area contributed by atoms with Crippen molar-refractivity contribution in [1.82, 2.24) is 25.4 Å². The number of nitrogens with zero attached hydrogens (tertiary/aromatic N) is 4. The van der Waals surface area contributed by atoms with Crippen LogP contribution in [0, 0.1) is 11.3 Å². The summed E-state index contributed by atoms with van der Waals surface area (Å²) >= 11 is 0. The molecule has 4 aliphatic rings. The molecule has 4 unspecified atom stereocenters. The zero-order valence-corrected chi connectivity index (χ0v) is 19.3. The van der Waals surface area contributed by atoms with Gasteiger partial charge in [-0.2, -0.15) is 5.10 Å². The number of fused-ring (bicyclic) bond motifs is 3. The average molecular weight is 500 g/mol. The molecule has 1 aromatic rings. The molecule has 7 nitrogen and oxygen atoms in total. The topological polar surface area (TPSA) is 76.4 Å². The fourth-order valence-corrected chi connectivity index (χ4v) is 6.04. The van der Waals surface area contributed by atoms with Crippen molar-refractivity contribution < 1.29 is 4.74 Å². The number of ether oxygens (including phenoxy) is 1. The van der Waals surface area contributed by atoms with Crippen molar-refractivity contribution in [2.75, 3.05) is 13.7 Å². The highest BCUT2D eigenvalue weighted by Crippen LogP contribution is 2.60. The molecular weight excluding hydrogens is 467 g/mol. The van der Waals surface area contributed by atoms with Crippen LogP contribution in [0.1, 0.15) is 57.1 Å². The van der Waals surface area contributed by atoms with Gasteiger partial charge in [0.25, 0.3) is 0 Å². The number of hydrogen-bond donors (Lipinski definition) is 2. The molecule has 1 saturated heterocycles. The number of rotatable bonds is 3. The normalized spacial score (nSPS) is 33.0. The van der Waals surface area contributed by atoms with Gasteiger partial charge >= 0.3 is 0 Å². The minimum atomic E-state index is 0. The predicted octanol–water partition coefficient (Wildman–Crippen LogP) is 2.29. The van der Waals surface area contributed by atoms with Crippen LogP contribution >= 0.6 is 24.0 Å². The van der Waals surface area contributed by atoms with Crippen molar-refractivity contribution in [3.8, 4) is 0 Å². The number of nitrogens with one attached hydrogen (secondary N) is 2. The Balaban J connectivity index is 0.00000192. The third-order valence-corrected chi connectivity index (χ3v) is 7.36. The van der Waals surface area contributed by atoms with E-state index in [1.165, 1.54) is 32.1 Å². The van der Waals surface area contributed by atoms with Crippen molar-refractivity contribution in [1.29, 1.82) is 0 Å². The van der Waals surface area contributed by atoms with Crippen LogP contribution in [0.25, 0.3) is 0 Å². The van der Waals surface area contributed by atoms with Gasteiger partial charge < -0.3 is 15.4 Å². The first kappa shape index (κ1) is 20.4. The Bertz CT molecular complexity index is 728. The molecule has 3 fully saturated rings. The van der Waals surface area contributed by atoms with Crippen molar-refractivity contribution in [2.24, 2.45) is 16.3 Å². The third kappa shape index (κ3) is 3.24. The Morgan fingerprint density at radius 1 is 1.29 bits per heavy atom. The van der Waals surface area contributed by atoms with Gasteiger partial charge in [0.1, 0.15) is 5.82 Å². The van der Waals surface area contributed by atoms with Crippen LogP contribution in [0.5, 0.6) is 0 Å². The fraction of sp³-hybridized carbons (Fsp3) is 0.850. The lowest BCUT2D eigenvalue weighted by Gasteiger charge is -2.57. The summed E-state index contributed by atoms with van der Waals surface area (Å²) in [6.07, 6.45) is 9.91. The lowest BCUT2D eigenvalue weighted by molar-refractivity contribution is -0.125. The molecule has 0 amide bonds. The number of aryl methyl sites for hydroxylation is 2. The van der Waals surface area contributed by atoms with Crippen molar-refractivity contribution >= 4 is 29.9 Å². The number of aromatic nitrogens is 3. The number of guanidine groups is 1. The molecule has 2 aliphatic carbocycles. The first-order valence-corrected chi connectivity index (χ1v) is 10.8. The summed E-state index contributed by atoms with van der Waals surface area (Å²) in [7, 11) is 1.89. The largest absolute Gasteiger partial charge is 0.377 e. The summed E-state index contributed by atoms with van der Waals surface area (Å²) in [4.78, 5) is 9.18. The average Bonchev–Trinajstić information content (AvgIpc) is 3.42. The summed E-state index contributed by atoms with van der Waals surface area (Å²) < 4.78 is 8.20. The maximum Gasteiger partial charge on any atom is 0.191 e. The second-order valence-electron chi connectivity index (χ2n) is 8.74. The number of hydrogen-bond acceptors (Lipinski definition) is 4. The van der Waals surface area contributed by atoms with Crippen LogP contribution in [-0.2, 0) is 24.1 Å². The lowest BCUT2D eigenvalue weighted by atomic mass is 9.54. The number of aliphatic imine (C=N–C) groups is 1. The van der Waals surface area contributed by atoms with Gasteiger partial charge in [0.2, 0.25) is 0 Å². The molecular formula is C20H33IN6O. The zero-order chi connectivity index (χ0) is 18.4. The molecule has 0 aromatic carbocycles. The van der Waals surface area contributed by atoms with E-state index in [0.717, 1.165) is 50.0 Å². The maximum atomic E-state index is 6.12. The van der Waals surface area contributed by atoms with Gasteiger partial charge in [0.15, 0.2) is 11.8 Å². The molecule has 8 heteroatoms. The SMILES string of the molecule is CCc1nc2n(n1)CC(NC(=NC)NC1C3CCOC3C13CCCC3)CC2.I. The summed E-state index contributed by atoms with van der Waals surface area (Å²) in [6, 6.07) is 0.862. The second-order valence-corrected chi connectivity index (χ2v) is 8.74. The highest BCUT2D eigenvalue weighted by molar-refractivity contribution is 14.0. The molecule has 4 atom stereocenters. The predicted molar refractivity (Wildman–Crippen MR) is 119 cm³/mol. The van der Waals surface area contributed by atoms with Crippen LogP contribution in [-0.4, -0.2) is 52.6 Å². The molecule has 0 bridgehead atoms. The van der Waals surface area contributed by atoms with E-state index < -0.39 is 0 Å². The van der Waals surface area contributed by atoms with E-state index in [-0.39, 0.29) is 24.0 Å². The van der Waals surface area contributed by atoms with Gasteiger partial charge in [-0.1, -0.05) is 19.8 Å². The van der Waals surface area contributed by atoms with Crippen LogP contribution in [0.2, 0.25) is 0 Å². The molecule has 2 N–H and O–H groups in total. The lowest BCUT2D eigenvalue weighted by Crippen LogP contribution is -2.69. The standard InChI is InChI=1S/C20H32N6O.HI/c1-3-15-23-16-7-6-13(12-26(16)25-15)22-19(21-2)24-17-14-8-11-27-18(14)20(17)9-4-5-10-20;/h13-14,17-18H,3-12H2,1-2H3,(H2,21,22,24);1H. The molecule has 0 radical (unpaired) electrons. The van der Waals surface area contributed by atoms with Crippen molar-refractivity contribution in [3.63, 3.8) is 0 Å². The quantitative estimate of drug-likeness (QED) is 0.379. The summed E-state index contributed by atoms with van der Waals surface area (Å²) in [5.41, 5.74) is 0.348. The van der Waals surface area contributed by atoms with E-state index in [2.05, 4.69) is 37.3 Å². The third-order valence-electron chi connectivity index (χ3n) is 7.36. The van der Waals surface area contributed by atoms with E-state index >= 15 is 0 Å². The van der Waals surface area contributed by atoms with Crippen molar-refractivity contribution in [2.45, 2.75) is 83.0 Å². The van der Waals surface area contributed by atoms with Gasteiger partial charge in [0.05, 0.1) is 12.6 Å². The molecule has 1 spiro atoms. The first-order chi connectivity index (χ1) is 13.2. The molecule has 1 aromatic heterocycles. The van der Waals surface area contributed by atoms with Crippen LogP contribution < -0.4 is 10.6 Å². The minimum absolute atomic E-state index is 0. The first-order valence-electron chi connectivity index (χ1n) is 10.8. The second kappa shape index (κ2) is 8.08. The Morgan fingerprint density at radius 2 is 2.11 bits per heavy atom. The summed E-state index contributed by atoms with van der Waals surface area (Å²) in [6.45, 7) is 3.91. The van der Waals surface area contributed by atoms with Crippen molar-refractivity contribution in [3.05, 3.63) is 11.6 Å².